The zero-order valence-corrected chi connectivity index (χ0v) is 29.3. The van der Waals surface area contributed by atoms with E-state index >= 15 is 0 Å². The van der Waals surface area contributed by atoms with Crippen molar-refractivity contribution in [3.05, 3.63) is 118 Å². The molecule has 2 fully saturated rings. The van der Waals surface area contributed by atoms with Crippen LogP contribution in [0.15, 0.2) is 96.6 Å². The Morgan fingerprint density at radius 1 is 0.875 bits per heavy atom. The van der Waals surface area contributed by atoms with Crippen molar-refractivity contribution >= 4 is 23.6 Å². The predicted molar refractivity (Wildman–Crippen MR) is 192 cm³/mol. The smallest absolute Gasteiger partial charge is 0.410 e. The number of rotatable bonds is 10. The number of hydrogen-bond acceptors (Lipinski definition) is 5. The van der Waals surface area contributed by atoms with Crippen molar-refractivity contribution in [1.82, 2.24) is 15.1 Å². The largest absolute Gasteiger partial charge is 0.444 e. The van der Waals surface area contributed by atoms with Crippen molar-refractivity contribution < 1.29 is 19.4 Å². The number of halogens is 1. The molecule has 2 amide bonds. The van der Waals surface area contributed by atoms with Crippen molar-refractivity contribution in [3.8, 4) is 0 Å². The van der Waals surface area contributed by atoms with E-state index in [1.165, 1.54) is 11.1 Å². The van der Waals surface area contributed by atoms with Crippen molar-refractivity contribution in [2.45, 2.75) is 75.9 Å². The Labute approximate surface area is 290 Å². The third-order valence-corrected chi connectivity index (χ3v) is 10.0. The van der Waals surface area contributed by atoms with E-state index in [-0.39, 0.29) is 12.0 Å². The molecule has 2 heterocycles. The van der Waals surface area contributed by atoms with Crippen LogP contribution in [0.4, 0.5) is 4.79 Å². The summed E-state index contributed by atoms with van der Waals surface area (Å²) in [7, 11) is 0. The van der Waals surface area contributed by atoms with Crippen LogP contribution >= 0.6 is 11.6 Å². The van der Waals surface area contributed by atoms with E-state index in [0.717, 1.165) is 43.6 Å². The molecular formula is C40H50ClN3O4. The number of carbonyl (C=O) groups is 2. The molecule has 0 spiro atoms. The van der Waals surface area contributed by atoms with Gasteiger partial charge in [0.1, 0.15) is 5.60 Å². The van der Waals surface area contributed by atoms with Crippen molar-refractivity contribution in [1.29, 1.82) is 0 Å². The summed E-state index contributed by atoms with van der Waals surface area (Å²) in [5.74, 6) is -0.107. The number of carbonyl (C=O) groups excluding carboxylic acids is 2. The van der Waals surface area contributed by atoms with E-state index in [4.69, 9.17) is 16.3 Å². The summed E-state index contributed by atoms with van der Waals surface area (Å²) in [5, 5.41) is 15.3. The Hall–Kier alpha value is -3.65. The maximum Gasteiger partial charge on any atom is 0.410 e. The van der Waals surface area contributed by atoms with Crippen LogP contribution in [0.25, 0.3) is 0 Å². The van der Waals surface area contributed by atoms with E-state index < -0.39 is 16.6 Å². The lowest BCUT2D eigenvalue weighted by atomic mass is 9.71. The highest BCUT2D eigenvalue weighted by molar-refractivity contribution is 6.30. The van der Waals surface area contributed by atoms with E-state index in [1.807, 2.05) is 57.2 Å². The average Bonchev–Trinajstić information content (AvgIpc) is 3.08. The summed E-state index contributed by atoms with van der Waals surface area (Å²) in [6.07, 6.45) is 5.86. The predicted octanol–water partition coefficient (Wildman–Crippen LogP) is 7.46. The fourth-order valence-electron chi connectivity index (χ4n) is 6.98. The second kappa shape index (κ2) is 15.7. The first kappa shape index (κ1) is 35.7. The van der Waals surface area contributed by atoms with Gasteiger partial charge in [-0.05, 0) is 94.7 Å². The maximum absolute atomic E-state index is 13.4. The van der Waals surface area contributed by atoms with Crippen molar-refractivity contribution in [2.24, 2.45) is 0 Å². The van der Waals surface area contributed by atoms with Gasteiger partial charge in [0.25, 0.3) is 0 Å². The summed E-state index contributed by atoms with van der Waals surface area (Å²) in [6, 6.07) is 28.5. The summed E-state index contributed by atoms with van der Waals surface area (Å²) in [6.45, 7) is 9.69. The molecule has 3 aromatic carbocycles. The zero-order chi connectivity index (χ0) is 34.2. The Bertz CT molecular complexity index is 1480. The standard InChI is InChI=1S/C40H50ClN3O4/c1-38(2,3)48-37(46)44-25-19-31(20-26-44)29-36(45)42-30-39(32-11-6-4-7-12-32,33-13-8-5-9-14-33)21-10-24-43-27-22-40(47,23-28-43)34-15-17-35(41)18-16-34/h4-9,11-18,29,47H,10,19-28,30H2,1-3H3,(H,42,45). The molecule has 256 valence electrons. The van der Waals surface area contributed by atoms with E-state index in [1.54, 1.807) is 11.0 Å². The van der Waals surface area contributed by atoms with Gasteiger partial charge >= 0.3 is 6.09 Å². The molecule has 2 N–H and O–H groups in total. The van der Waals surface area contributed by atoms with Gasteiger partial charge in [-0.3, -0.25) is 4.79 Å². The minimum Gasteiger partial charge on any atom is -0.444 e. The van der Waals surface area contributed by atoms with Gasteiger partial charge in [0.15, 0.2) is 0 Å². The molecule has 0 atom stereocenters. The number of hydrogen-bond donors (Lipinski definition) is 2. The molecule has 0 saturated carbocycles. The molecule has 7 nitrogen and oxygen atoms in total. The monoisotopic (exact) mass is 671 g/mol. The lowest BCUT2D eigenvalue weighted by Gasteiger charge is -2.40. The van der Waals surface area contributed by atoms with Crippen LogP contribution in [0.5, 0.6) is 0 Å². The number of nitrogens with zero attached hydrogens (tertiary/aromatic N) is 2. The molecule has 2 aliphatic heterocycles. The number of likely N-dealkylation sites (tertiary alicyclic amines) is 2. The summed E-state index contributed by atoms with van der Waals surface area (Å²) < 4.78 is 5.53. The summed E-state index contributed by atoms with van der Waals surface area (Å²) >= 11 is 6.08. The molecule has 8 heteroatoms. The van der Waals surface area contributed by atoms with E-state index in [2.05, 4.69) is 58.7 Å². The van der Waals surface area contributed by atoms with Crippen LogP contribution in [0.1, 0.15) is 76.0 Å². The molecule has 5 rings (SSSR count). The van der Waals surface area contributed by atoms with Crippen LogP contribution in [0.3, 0.4) is 0 Å². The van der Waals surface area contributed by atoms with Crippen LogP contribution in [0.2, 0.25) is 5.02 Å². The second-order valence-electron chi connectivity index (χ2n) is 14.3. The number of benzene rings is 3. The van der Waals surface area contributed by atoms with Gasteiger partial charge in [-0.2, -0.15) is 0 Å². The minimum absolute atomic E-state index is 0.107. The third-order valence-electron chi connectivity index (χ3n) is 9.75. The number of ether oxygens (including phenoxy) is 1. The fourth-order valence-corrected chi connectivity index (χ4v) is 7.11. The highest BCUT2D eigenvalue weighted by Crippen LogP contribution is 2.38. The van der Waals surface area contributed by atoms with Crippen LogP contribution in [-0.4, -0.2) is 71.8 Å². The molecule has 3 aromatic rings. The Kier molecular flexibility index (Phi) is 11.7. The Balaban J connectivity index is 1.24. The van der Waals surface area contributed by atoms with Gasteiger partial charge in [-0.15, -0.1) is 0 Å². The first-order valence-electron chi connectivity index (χ1n) is 17.2. The quantitative estimate of drug-likeness (QED) is 0.219. The normalized spacial score (nSPS) is 17.1. The lowest BCUT2D eigenvalue weighted by molar-refractivity contribution is -0.116. The van der Waals surface area contributed by atoms with Gasteiger partial charge < -0.3 is 25.0 Å². The van der Waals surface area contributed by atoms with Crippen LogP contribution in [0, 0.1) is 0 Å². The van der Waals surface area contributed by atoms with Crippen LogP contribution < -0.4 is 5.32 Å². The van der Waals surface area contributed by atoms with Crippen molar-refractivity contribution in [2.75, 3.05) is 39.3 Å². The molecule has 2 aliphatic rings. The second-order valence-corrected chi connectivity index (χ2v) is 14.7. The topological polar surface area (TPSA) is 82.1 Å². The van der Waals surface area contributed by atoms with Gasteiger partial charge in [-0.1, -0.05) is 90.0 Å². The summed E-state index contributed by atoms with van der Waals surface area (Å²) in [4.78, 5) is 30.1. The Morgan fingerprint density at radius 2 is 1.44 bits per heavy atom. The van der Waals surface area contributed by atoms with Gasteiger partial charge in [0.2, 0.25) is 5.91 Å². The van der Waals surface area contributed by atoms with Gasteiger partial charge in [0.05, 0.1) is 5.60 Å². The van der Waals surface area contributed by atoms with Crippen LogP contribution in [-0.2, 0) is 20.5 Å². The van der Waals surface area contributed by atoms with Gasteiger partial charge in [0, 0.05) is 49.2 Å². The number of piperidine rings is 2. The summed E-state index contributed by atoms with van der Waals surface area (Å²) in [5.41, 5.74) is 2.53. The highest BCUT2D eigenvalue weighted by Gasteiger charge is 2.36. The number of amides is 2. The third kappa shape index (κ3) is 9.28. The SMILES string of the molecule is CC(C)(C)OC(=O)N1CCC(=CC(=O)NCC(CCCN2CCC(O)(c3ccc(Cl)cc3)CC2)(c2ccccc2)c2ccccc2)CC1. The minimum atomic E-state index is -0.829. The first-order chi connectivity index (χ1) is 23.0. The Morgan fingerprint density at radius 3 is 1.98 bits per heavy atom. The highest BCUT2D eigenvalue weighted by atomic mass is 35.5. The van der Waals surface area contributed by atoms with Crippen molar-refractivity contribution in [3.63, 3.8) is 0 Å². The molecular weight excluding hydrogens is 622 g/mol. The molecule has 0 bridgehead atoms. The lowest BCUT2D eigenvalue weighted by Crippen LogP contribution is -2.44. The van der Waals surface area contributed by atoms with E-state index in [0.29, 0.717) is 50.3 Å². The number of nitrogens with one attached hydrogen (secondary N) is 1. The molecule has 2 saturated heterocycles. The van der Waals surface area contributed by atoms with E-state index in [9.17, 15) is 14.7 Å². The zero-order valence-electron chi connectivity index (χ0n) is 28.6. The molecule has 0 unspecified atom stereocenters. The van der Waals surface area contributed by atoms with Gasteiger partial charge in [-0.25, -0.2) is 4.79 Å². The maximum atomic E-state index is 13.4. The molecule has 0 aliphatic carbocycles. The first-order valence-corrected chi connectivity index (χ1v) is 17.6. The molecule has 48 heavy (non-hydrogen) atoms. The molecule has 0 aromatic heterocycles. The molecule has 0 radical (unpaired) electrons. The average molecular weight is 672 g/mol. The fraction of sp³-hybridized carbons (Fsp3) is 0.450. The number of aliphatic hydroxyl groups is 1.